The highest BCUT2D eigenvalue weighted by Crippen LogP contribution is 2.75. The van der Waals surface area contributed by atoms with Gasteiger partial charge in [0.05, 0.1) is 0 Å². The molecule has 12 atom stereocenters. The van der Waals surface area contributed by atoms with Crippen LogP contribution in [-0.2, 0) is 0 Å². The van der Waals surface area contributed by atoms with Gasteiger partial charge in [0.25, 0.3) is 0 Å². The molecule has 0 bridgehead atoms. The standard InChI is InChI=1S/C52H74O5/c1-31-16-22-40-45(5,6)49(40,27-31)54-36-21-20-35(26-39(36)56-51-29-33(3)18-24-42(51)47(51,9)10)53-37-14-13-15-38(55-50-28-32(2)17-23-41(50)46(50,7)8)44(37)57-52-30-34(4)19-25-43(52)48(52,11)12/h13-15,20-21,26,31-34,40-43H,16-19,22-25,27-30H2,1-12H3. The van der Waals surface area contributed by atoms with E-state index in [-0.39, 0.29) is 44.1 Å². The molecule has 2 aromatic carbocycles. The van der Waals surface area contributed by atoms with Crippen molar-refractivity contribution < 1.29 is 23.7 Å². The first-order chi connectivity index (χ1) is 26.7. The van der Waals surface area contributed by atoms with Gasteiger partial charge in [0.15, 0.2) is 23.0 Å². The largest absolute Gasteiger partial charge is 0.482 e. The summed E-state index contributed by atoms with van der Waals surface area (Å²) >= 11 is 0. The molecule has 0 amide bonds. The van der Waals surface area contributed by atoms with Crippen LogP contribution in [0.4, 0.5) is 0 Å². The number of para-hydroxylation sites is 1. The lowest BCUT2D eigenvalue weighted by atomic mass is 9.88. The normalized spacial score (nSPS) is 44.5. The molecule has 5 nitrogen and oxygen atoms in total. The lowest BCUT2D eigenvalue weighted by Crippen LogP contribution is -2.33. The smallest absolute Gasteiger partial charge is 0.204 e. The van der Waals surface area contributed by atoms with Crippen molar-refractivity contribution in [2.75, 3.05) is 0 Å². The molecule has 0 saturated heterocycles. The van der Waals surface area contributed by atoms with E-state index in [4.69, 9.17) is 23.7 Å². The van der Waals surface area contributed by atoms with Gasteiger partial charge in [0.2, 0.25) is 5.75 Å². The molecule has 0 aromatic heterocycles. The van der Waals surface area contributed by atoms with Crippen molar-refractivity contribution in [2.24, 2.45) is 69.0 Å². The minimum atomic E-state index is -0.225. The molecule has 0 N–H and O–H groups in total. The highest BCUT2D eigenvalue weighted by Gasteiger charge is 2.78. The van der Waals surface area contributed by atoms with E-state index in [1.807, 2.05) is 0 Å². The van der Waals surface area contributed by atoms with Gasteiger partial charge >= 0.3 is 0 Å². The zero-order valence-electron chi connectivity index (χ0n) is 37.6. The summed E-state index contributed by atoms with van der Waals surface area (Å²) in [5, 5.41) is 0. The van der Waals surface area contributed by atoms with Gasteiger partial charge in [-0.25, -0.2) is 0 Å². The highest BCUT2D eigenvalue weighted by atomic mass is 16.6. The fourth-order valence-corrected chi connectivity index (χ4v) is 15.3. The van der Waals surface area contributed by atoms with E-state index in [0.29, 0.717) is 47.3 Å². The minimum Gasteiger partial charge on any atom is -0.482 e. The molecular formula is C52H74O5. The zero-order chi connectivity index (χ0) is 40.3. The van der Waals surface area contributed by atoms with Crippen LogP contribution in [0.2, 0.25) is 0 Å². The summed E-state index contributed by atoms with van der Waals surface area (Å²) in [7, 11) is 0. The Balaban J connectivity index is 1.03. The predicted octanol–water partition coefficient (Wildman–Crippen LogP) is 13.9. The van der Waals surface area contributed by atoms with E-state index in [2.05, 4.69) is 119 Å². The van der Waals surface area contributed by atoms with Crippen LogP contribution in [0.3, 0.4) is 0 Å². The molecule has 0 radical (unpaired) electrons. The van der Waals surface area contributed by atoms with Gasteiger partial charge in [0, 0.05) is 51.4 Å². The fourth-order valence-electron chi connectivity index (χ4n) is 15.3. The summed E-state index contributed by atoms with van der Waals surface area (Å²) in [6, 6.07) is 12.8. The van der Waals surface area contributed by atoms with Crippen molar-refractivity contribution in [3.8, 4) is 34.5 Å². The number of fused-ring (bicyclic) bond motifs is 4. The first-order valence-corrected chi connectivity index (χ1v) is 23.5. The Bertz CT molecular complexity index is 1940. The molecule has 0 heterocycles. The van der Waals surface area contributed by atoms with Gasteiger partial charge < -0.3 is 23.7 Å². The van der Waals surface area contributed by atoms with E-state index >= 15 is 0 Å². The van der Waals surface area contributed by atoms with Gasteiger partial charge in [-0.15, -0.1) is 0 Å². The Kier molecular flexibility index (Phi) is 8.17. The molecule has 8 aliphatic carbocycles. The molecule has 2 aromatic rings. The highest BCUT2D eigenvalue weighted by molar-refractivity contribution is 5.56. The lowest BCUT2D eigenvalue weighted by Gasteiger charge is -2.33. The van der Waals surface area contributed by atoms with Crippen LogP contribution in [-0.4, -0.2) is 22.4 Å². The molecule has 8 saturated carbocycles. The lowest BCUT2D eigenvalue weighted by molar-refractivity contribution is 0.0554. The van der Waals surface area contributed by atoms with E-state index in [0.717, 1.165) is 60.2 Å². The molecular weight excluding hydrogens is 705 g/mol. The monoisotopic (exact) mass is 779 g/mol. The third-order valence-electron chi connectivity index (χ3n) is 19.4. The summed E-state index contributed by atoms with van der Waals surface area (Å²) in [6.45, 7) is 28.9. The Morgan fingerprint density at radius 1 is 0.404 bits per heavy atom. The Labute approximate surface area is 345 Å². The second-order valence-corrected chi connectivity index (χ2v) is 23.9. The first kappa shape index (κ1) is 38.6. The van der Waals surface area contributed by atoms with Crippen molar-refractivity contribution in [3.05, 3.63) is 36.4 Å². The Morgan fingerprint density at radius 2 is 0.772 bits per heavy atom. The average molecular weight is 779 g/mol. The van der Waals surface area contributed by atoms with E-state index in [9.17, 15) is 0 Å². The van der Waals surface area contributed by atoms with Crippen molar-refractivity contribution in [3.63, 3.8) is 0 Å². The van der Waals surface area contributed by atoms with Crippen LogP contribution in [0.15, 0.2) is 36.4 Å². The van der Waals surface area contributed by atoms with Crippen LogP contribution in [0.1, 0.15) is 160 Å². The molecule has 0 aliphatic heterocycles. The summed E-state index contributed by atoms with van der Waals surface area (Å²) in [5.74, 6) is 9.59. The number of ether oxygens (including phenoxy) is 5. The zero-order valence-corrected chi connectivity index (χ0v) is 37.6. The number of hydrogen-bond donors (Lipinski definition) is 0. The Morgan fingerprint density at radius 3 is 1.21 bits per heavy atom. The van der Waals surface area contributed by atoms with Gasteiger partial charge in [-0.1, -0.05) is 115 Å². The molecule has 8 aliphatic rings. The summed E-state index contributed by atoms with van der Waals surface area (Å²) in [4.78, 5) is 0. The predicted molar refractivity (Wildman–Crippen MR) is 228 cm³/mol. The quantitative estimate of drug-likeness (QED) is 0.240. The van der Waals surface area contributed by atoms with E-state index in [1.165, 1.54) is 51.4 Å². The summed E-state index contributed by atoms with van der Waals surface area (Å²) in [6.07, 6.45) is 14.3. The second-order valence-electron chi connectivity index (χ2n) is 23.9. The van der Waals surface area contributed by atoms with Gasteiger partial charge in [-0.2, -0.15) is 0 Å². The maximum absolute atomic E-state index is 7.52. The van der Waals surface area contributed by atoms with Gasteiger partial charge in [-0.3, -0.25) is 0 Å². The topological polar surface area (TPSA) is 46.2 Å². The molecule has 12 unspecified atom stereocenters. The number of hydrogen-bond acceptors (Lipinski definition) is 5. The summed E-state index contributed by atoms with van der Waals surface area (Å²) in [5.41, 5.74) is -0.256. The first-order valence-electron chi connectivity index (χ1n) is 23.5. The SMILES string of the molecule is CC1CCC2C(C)(C)C2(Oc2ccc(Oc3cccc(OC45CC(C)CCC4C5(C)C)c3OC34CC(C)CCC3C4(C)C)cc2OC23CC(C)CCC2C3(C)C)C1. The molecule has 8 fully saturated rings. The average Bonchev–Trinajstić information content (AvgIpc) is 4.03. The van der Waals surface area contributed by atoms with E-state index in [1.54, 1.807) is 0 Å². The maximum atomic E-state index is 7.52. The van der Waals surface area contributed by atoms with Gasteiger partial charge in [0.1, 0.15) is 28.2 Å². The summed E-state index contributed by atoms with van der Waals surface area (Å²) < 4.78 is 36.8. The van der Waals surface area contributed by atoms with Crippen LogP contribution in [0, 0.1) is 69.0 Å². The molecule has 312 valence electrons. The minimum absolute atomic E-state index is 0.0929. The Hall–Kier alpha value is -2.56. The molecule has 5 heteroatoms. The van der Waals surface area contributed by atoms with Crippen molar-refractivity contribution >= 4 is 0 Å². The number of benzene rings is 2. The molecule has 10 rings (SSSR count). The van der Waals surface area contributed by atoms with Crippen molar-refractivity contribution in [2.45, 2.75) is 183 Å². The van der Waals surface area contributed by atoms with Crippen LogP contribution in [0.5, 0.6) is 34.5 Å². The number of rotatable bonds is 10. The van der Waals surface area contributed by atoms with Crippen molar-refractivity contribution in [1.29, 1.82) is 0 Å². The molecule has 0 spiro atoms. The van der Waals surface area contributed by atoms with Crippen LogP contribution < -0.4 is 23.7 Å². The third-order valence-corrected chi connectivity index (χ3v) is 19.4. The van der Waals surface area contributed by atoms with Gasteiger partial charge in [-0.05, 0) is 99.3 Å². The molecule has 57 heavy (non-hydrogen) atoms. The van der Waals surface area contributed by atoms with E-state index < -0.39 is 0 Å². The van der Waals surface area contributed by atoms with Crippen LogP contribution in [0.25, 0.3) is 0 Å². The second kappa shape index (κ2) is 12.0. The maximum Gasteiger partial charge on any atom is 0.204 e. The fraction of sp³-hybridized carbons (Fsp3) is 0.769. The third kappa shape index (κ3) is 5.23. The van der Waals surface area contributed by atoms with Crippen molar-refractivity contribution in [1.82, 2.24) is 0 Å². The van der Waals surface area contributed by atoms with Crippen LogP contribution >= 0.6 is 0 Å².